The van der Waals surface area contributed by atoms with Gasteiger partial charge in [-0.1, -0.05) is 6.07 Å². The van der Waals surface area contributed by atoms with E-state index in [0.717, 1.165) is 29.0 Å². The van der Waals surface area contributed by atoms with Gasteiger partial charge in [-0.15, -0.1) is 0 Å². The van der Waals surface area contributed by atoms with Gasteiger partial charge in [0.2, 0.25) is 0 Å². The molecule has 17 heavy (non-hydrogen) atoms. The van der Waals surface area contributed by atoms with Crippen LogP contribution in [-0.4, -0.2) is 22.5 Å². The minimum absolute atomic E-state index is 0.724. The van der Waals surface area contributed by atoms with Crippen LogP contribution in [0.25, 0.3) is 5.52 Å². The fourth-order valence-corrected chi connectivity index (χ4v) is 3.13. The highest BCUT2D eigenvalue weighted by atomic mass is 79.9. The molecule has 2 aromatic rings. The summed E-state index contributed by atoms with van der Waals surface area (Å²) in [6.07, 6.45) is 5.61. The molecule has 0 amide bonds. The Balaban J connectivity index is 1.89. The van der Waals surface area contributed by atoms with Crippen molar-refractivity contribution in [2.45, 2.75) is 19.3 Å². The van der Waals surface area contributed by atoms with Crippen molar-refractivity contribution in [2.75, 3.05) is 13.1 Å². The third-order valence-corrected chi connectivity index (χ3v) is 4.07. The van der Waals surface area contributed by atoms with Crippen molar-refractivity contribution in [1.82, 2.24) is 14.7 Å². The average Bonchev–Trinajstić information content (AvgIpc) is 2.75. The van der Waals surface area contributed by atoms with Crippen LogP contribution in [0.4, 0.5) is 0 Å². The van der Waals surface area contributed by atoms with Gasteiger partial charge in [-0.25, -0.2) is 4.98 Å². The van der Waals surface area contributed by atoms with E-state index in [1.807, 2.05) is 12.3 Å². The molecule has 4 heteroatoms. The van der Waals surface area contributed by atoms with Crippen LogP contribution in [0.1, 0.15) is 18.7 Å². The topological polar surface area (TPSA) is 29.3 Å². The number of rotatable bonds is 2. The number of fused-ring (bicyclic) bond motifs is 1. The molecular weight excluding hydrogens is 278 g/mol. The first-order chi connectivity index (χ1) is 8.34. The predicted octanol–water partition coefficient (Wildman–Crippen LogP) is 2.64. The lowest BCUT2D eigenvalue weighted by atomic mass is 9.96. The number of aromatic nitrogens is 2. The Hall–Kier alpha value is -0.870. The summed E-state index contributed by atoms with van der Waals surface area (Å²) in [4.78, 5) is 4.56. The zero-order valence-corrected chi connectivity index (χ0v) is 11.3. The Morgan fingerprint density at radius 2 is 2.41 bits per heavy atom. The van der Waals surface area contributed by atoms with Gasteiger partial charge >= 0.3 is 0 Å². The van der Waals surface area contributed by atoms with Gasteiger partial charge in [0.05, 0.1) is 16.3 Å². The second-order valence-corrected chi connectivity index (χ2v) is 5.51. The molecule has 0 bridgehead atoms. The van der Waals surface area contributed by atoms with E-state index < -0.39 is 0 Å². The predicted molar refractivity (Wildman–Crippen MR) is 72.2 cm³/mol. The van der Waals surface area contributed by atoms with Gasteiger partial charge in [0, 0.05) is 6.42 Å². The summed E-state index contributed by atoms with van der Waals surface area (Å²) in [5, 5.41) is 3.46. The molecule has 2 aromatic heterocycles. The quantitative estimate of drug-likeness (QED) is 0.863. The number of halogens is 1. The maximum Gasteiger partial charge on any atom is 0.114 e. The number of nitrogens with one attached hydrogen (secondary N) is 1. The summed E-state index contributed by atoms with van der Waals surface area (Å²) in [6.45, 7) is 2.29. The fourth-order valence-electron chi connectivity index (χ4n) is 2.57. The largest absolute Gasteiger partial charge is 0.316 e. The summed E-state index contributed by atoms with van der Waals surface area (Å²) < 4.78 is 3.29. The Kier molecular flexibility index (Phi) is 3.16. The van der Waals surface area contributed by atoms with Crippen LogP contribution in [0.5, 0.6) is 0 Å². The van der Waals surface area contributed by atoms with E-state index in [1.54, 1.807) is 0 Å². The monoisotopic (exact) mass is 293 g/mol. The molecule has 1 atom stereocenters. The minimum Gasteiger partial charge on any atom is -0.316 e. The van der Waals surface area contributed by atoms with Gasteiger partial charge in [0.1, 0.15) is 5.82 Å². The molecule has 0 spiro atoms. The molecule has 1 unspecified atom stereocenters. The number of nitrogens with zero attached hydrogens (tertiary/aromatic N) is 2. The highest BCUT2D eigenvalue weighted by Crippen LogP contribution is 2.20. The Morgan fingerprint density at radius 1 is 1.47 bits per heavy atom. The molecule has 1 aliphatic rings. The van der Waals surface area contributed by atoms with E-state index in [1.165, 1.54) is 25.2 Å². The van der Waals surface area contributed by atoms with E-state index in [-0.39, 0.29) is 0 Å². The van der Waals surface area contributed by atoms with Crippen molar-refractivity contribution in [3.63, 3.8) is 0 Å². The van der Waals surface area contributed by atoms with E-state index in [4.69, 9.17) is 0 Å². The molecule has 0 aromatic carbocycles. The van der Waals surface area contributed by atoms with Gasteiger partial charge in [0.15, 0.2) is 0 Å². The fraction of sp³-hybridized carbons (Fsp3) is 0.462. The SMILES string of the molecule is Brc1cccc2cnc(CC3CCCNC3)n12. The molecule has 0 saturated carbocycles. The first-order valence-electron chi connectivity index (χ1n) is 6.16. The average molecular weight is 294 g/mol. The van der Waals surface area contributed by atoms with Gasteiger partial charge in [0.25, 0.3) is 0 Å². The second kappa shape index (κ2) is 4.78. The van der Waals surface area contributed by atoms with Crippen LogP contribution in [0.15, 0.2) is 29.0 Å². The van der Waals surface area contributed by atoms with Crippen molar-refractivity contribution in [3.8, 4) is 0 Å². The molecule has 3 nitrogen and oxygen atoms in total. The lowest BCUT2D eigenvalue weighted by molar-refractivity contribution is 0.370. The molecular formula is C13H16BrN3. The van der Waals surface area contributed by atoms with Gasteiger partial charge in [-0.2, -0.15) is 0 Å². The molecule has 3 heterocycles. The molecule has 90 valence electrons. The van der Waals surface area contributed by atoms with Crippen molar-refractivity contribution < 1.29 is 0 Å². The van der Waals surface area contributed by atoms with Crippen molar-refractivity contribution in [3.05, 3.63) is 34.8 Å². The Labute approximate surface area is 109 Å². The highest BCUT2D eigenvalue weighted by Gasteiger charge is 2.16. The molecule has 1 saturated heterocycles. The number of imidazole rings is 1. The highest BCUT2D eigenvalue weighted by molar-refractivity contribution is 9.10. The standard InChI is InChI=1S/C13H16BrN3/c14-12-5-1-4-11-9-16-13(17(11)12)7-10-3-2-6-15-8-10/h1,4-5,9-10,15H,2-3,6-8H2. The van der Waals surface area contributed by atoms with Crippen LogP contribution in [-0.2, 0) is 6.42 Å². The zero-order chi connectivity index (χ0) is 11.7. The molecule has 3 rings (SSSR count). The maximum atomic E-state index is 4.56. The molecule has 0 aliphatic carbocycles. The lowest BCUT2D eigenvalue weighted by Crippen LogP contribution is -2.31. The summed E-state index contributed by atoms with van der Waals surface area (Å²) in [7, 11) is 0. The lowest BCUT2D eigenvalue weighted by Gasteiger charge is -2.22. The van der Waals surface area contributed by atoms with Gasteiger partial charge in [-0.05, 0) is 59.9 Å². The Bertz CT molecular complexity index is 514. The van der Waals surface area contributed by atoms with Gasteiger partial charge < -0.3 is 5.32 Å². The van der Waals surface area contributed by atoms with Crippen LogP contribution < -0.4 is 5.32 Å². The third kappa shape index (κ3) is 2.24. The molecule has 0 radical (unpaired) electrons. The Morgan fingerprint density at radius 3 is 3.24 bits per heavy atom. The minimum atomic E-state index is 0.724. The number of piperidine rings is 1. The summed E-state index contributed by atoms with van der Waals surface area (Å²) in [6, 6.07) is 6.21. The molecule has 1 aliphatic heterocycles. The van der Waals surface area contributed by atoms with E-state index in [9.17, 15) is 0 Å². The van der Waals surface area contributed by atoms with Crippen molar-refractivity contribution in [2.24, 2.45) is 5.92 Å². The van der Waals surface area contributed by atoms with Gasteiger partial charge in [-0.3, -0.25) is 4.40 Å². The van der Waals surface area contributed by atoms with E-state index in [0.29, 0.717) is 0 Å². The summed E-state index contributed by atoms with van der Waals surface area (Å²) >= 11 is 3.60. The first-order valence-corrected chi connectivity index (χ1v) is 6.95. The number of hydrogen-bond acceptors (Lipinski definition) is 2. The number of hydrogen-bond donors (Lipinski definition) is 1. The van der Waals surface area contributed by atoms with Crippen LogP contribution in [0, 0.1) is 5.92 Å². The van der Waals surface area contributed by atoms with Crippen molar-refractivity contribution >= 4 is 21.4 Å². The zero-order valence-electron chi connectivity index (χ0n) is 9.69. The smallest absolute Gasteiger partial charge is 0.114 e. The first kappa shape index (κ1) is 11.2. The normalized spacial score (nSPS) is 20.9. The maximum absolute atomic E-state index is 4.56. The van der Waals surface area contributed by atoms with Crippen LogP contribution >= 0.6 is 15.9 Å². The van der Waals surface area contributed by atoms with Crippen LogP contribution in [0.3, 0.4) is 0 Å². The number of pyridine rings is 1. The molecule has 1 N–H and O–H groups in total. The third-order valence-electron chi connectivity index (χ3n) is 3.45. The summed E-state index contributed by atoms with van der Waals surface area (Å²) in [5.74, 6) is 1.89. The van der Waals surface area contributed by atoms with E-state index >= 15 is 0 Å². The van der Waals surface area contributed by atoms with Crippen molar-refractivity contribution in [1.29, 1.82) is 0 Å². The second-order valence-electron chi connectivity index (χ2n) is 4.70. The van der Waals surface area contributed by atoms with E-state index in [2.05, 4.69) is 42.8 Å². The molecule has 1 fully saturated rings. The van der Waals surface area contributed by atoms with Crippen LogP contribution in [0.2, 0.25) is 0 Å². The summed E-state index contributed by atoms with van der Waals surface area (Å²) in [5.41, 5.74) is 1.16.